The van der Waals surface area contributed by atoms with E-state index in [9.17, 15) is 24.3 Å². The molecule has 0 radical (unpaired) electrons. The summed E-state index contributed by atoms with van der Waals surface area (Å²) in [5, 5.41) is 11.4. The highest BCUT2D eigenvalue weighted by molar-refractivity contribution is 6.00. The molecule has 13 heteroatoms. The zero-order valence-corrected chi connectivity index (χ0v) is 35.6. The number of imidazole rings is 1. The average molecular weight is 795 g/mol. The Morgan fingerprint density at radius 3 is 2.39 bits per heavy atom. The molecule has 1 amide bonds. The van der Waals surface area contributed by atoms with Gasteiger partial charge in [0.05, 0.1) is 30.3 Å². The van der Waals surface area contributed by atoms with E-state index in [2.05, 4.69) is 23.8 Å². The number of carbonyl (C=O) groups is 4. The number of Topliss-reactive ketones (excluding diaryl/α,β-unsaturated/α-hetero) is 2. The molecule has 2 unspecified atom stereocenters. The fourth-order valence-electron chi connectivity index (χ4n) is 9.53. The Morgan fingerprint density at radius 2 is 1.72 bits per heavy atom. The second-order valence-corrected chi connectivity index (χ2v) is 17.6. The fraction of sp³-hybridized carbons (Fsp3) is 0.727. The first-order chi connectivity index (χ1) is 27.0. The van der Waals surface area contributed by atoms with Crippen molar-refractivity contribution in [3.8, 4) is 11.3 Å². The van der Waals surface area contributed by atoms with Crippen molar-refractivity contribution in [2.45, 2.75) is 157 Å². The van der Waals surface area contributed by atoms with E-state index in [1.807, 2.05) is 57.5 Å². The zero-order valence-electron chi connectivity index (χ0n) is 35.6. The summed E-state index contributed by atoms with van der Waals surface area (Å²) < 4.78 is 27.1. The predicted molar refractivity (Wildman–Crippen MR) is 213 cm³/mol. The number of carbonyl (C=O) groups excluding carboxylic acids is 4. The molecule has 2 aromatic heterocycles. The van der Waals surface area contributed by atoms with Gasteiger partial charge in [-0.2, -0.15) is 0 Å². The molecule has 0 saturated carbocycles. The quantitative estimate of drug-likeness (QED) is 0.143. The number of hydrogen-bond acceptors (Lipinski definition) is 11. The number of ether oxygens (including phenoxy) is 4. The lowest BCUT2D eigenvalue weighted by Crippen LogP contribution is -2.58. The summed E-state index contributed by atoms with van der Waals surface area (Å²) in [4.78, 5) is 66.9. The third-order valence-corrected chi connectivity index (χ3v) is 12.8. The zero-order chi connectivity index (χ0) is 41.8. The number of cyclic esters (lactones) is 1. The molecule has 3 aliphatic heterocycles. The minimum Gasteiger partial charge on any atom is -0.457 e. The summed E-state index contributed by atoms with van der Waals surface area (Å²) in [7, 11) is 0. The molecule has 3 aliphatic rings. The van der Waals surface area contributed by atoms with Crippen LogP contribution in [0.4, 0.5) is 4.79 Å². The lowest BCUT2D eigenvalue weighted by Gasteiger charge is -2.43. The van der Waals surface area contributed by atoms with Crippen LogP contribution < -0.4 is 0 Å². The number of aryl methyl sites for hydroxylation is 1. The van der Waals surface area contributed by atoms with Crippen LogP contribution in [0.2, 0.25) is 0 Å². The van der Waals surface area contributed by atoms with Crippen LogP contribution in [0.5, 0.6) is 0 Å². The molecule has 13 atom stereocenters. The number of esters is 1. The third-order valence-electron chi connectivity index (χ3n) is 12.8. The third kappa shape index (κ3) is 9.79. The molecular weight excluding hydrogens is 729 g/mol. The van der Waals surface area contributed by atoms with E-state index in [4.69, 9.17) is 18.9 Å². The number of pyridine rings is 1. The highest BCUT2D eigenvalue weighted by Gasteiger charge is 2.60. The molecule has 3 fully saturated rings. The van der Waals surface area contributed by atoms with Crippen LogP contribution >= 0.6 is 0 Å². The van der Waals surface area contributed by atoms with Crippen LogP contribution in [0.25, 0.3) is 11.3 Å². The second-order valence-electron chi connectivity index (χ2n) is 17.6. The van der Waals surface area contributed by atoms with Gasteiger partial charge in [-0.05, 0) is 82.8 Å². The molecule has 57 heavy (non-hydrogen) atoms. The van der Waals surface area contributed by atoms with E-state index in [1.54, 1.807) is 44.4 Å². The molecule has 1 N–H and O–H groups in total. The number of amides is 1. The van der Waals surface area contributed by atoms with Gasteiger partial charge in [-0.3, -0.25) is 19.4 Å². The number of aliphatic hydroxyl groups excluding tert-OH is 1. The highest BCUT2D eigenvalue weighted by Crippen LogP contribution is 2.43. The summed E-state index contributed by atoms with van der Waals surface area (Å²) in [5.41, 5.74) is 0.400. The smallest absolute Gasteiger partial charge is 0.410 e. The molecule has 0 aromatic carbocycles. The summed E-state index contributed by atoms with van der Waals surface area (Å²) in [5.74, 6) is -4.45. The first-order valence-corrected chi connectivity index (χ1v) is 21.2. The SMILES string of the molecule is CCCC1OC(=O)[C@H](C)C(=O)[C@H](C)C(O[C@@H]2O[C@H](C)C[C@H](C(C)C)[C@H]2O)[C@@H](C)C[C@@H](C)C(=O)[C@H](C)[C@@H]2N(CCCCn3cnc(-c4cccnc4)c3)C(=O)O[C@]12C. The minimum atomic E-state index is -1.35. The van der Waals surface area contributed by atoms with E-state index in [0.717, 1.165) is 17.7 Å². The maximum atomic E-state index is 14.6. The van der Waals surface area contributed by atoms with Crippen LogP contribution in [-0.4, -0.2) is 97.1 Å². The summed E-state index contributed by atoms with van der Waals surface area (Å²) in [6.07, 6.45) is 6.34. The Kier molecular flexibility index (Phi) is 14.8. The first-order valence-electron chi connectivity index (χ1n) is 21.2. The number of hydrogen-bond donors (Lipinski definition) is 1. The van der Waals surface area contributed by atoms with Crippen LogP contribution in [-0.2, 0) is 39.9 Å². The van der Waals surface area contributed by atoms with Gasteiger partial charge in [-0.25, -0.2) is 9.78 Å². The number of aromatic nitrogens is 3. The molecule has 0 spiro atoms. The molecule has 0 bridgehead atoms. The average Bonchev–Trinajstić information content (AvgIpc) is 3.76. The van der Waals surface area contributed by atoms with Gasteiger partial charge in [0.25, 0.3) is 0 Å². The topological polar surface area (TPSA) is 159 Å². The molecule has 2 aromatic rings. The van der Waals surface area contributed by atoms with Crippen molar-refractivity contribution < 1.29 is 43.2 Å². The Hall–Kier alpha value is -3.68. The van der Waals surface area contributed by atoms with E-state index in [1.165, 1.54) is 0 Å². The van der Waals surface area contributed by atoms with E-state index in [0.29, 0.717) is 45.2 Å². The number of nitrogens with zero attached hydrogens (tertiary/aromatic N) is 4. The van der Waals surface area contributed by atoms with Crippen molar-refractivity contribution in [1.82, 2.24) is 19.4 Å². The van der Waals surface area contributed by atoms with Crippen molar-refractivity contribution in [3.05, 3.63) is 37.1 Å². The number of fused-ring (bicyclic) bond motifs is 1. The lowest BCUT2D eigenvalue weighted by atomic mass is 9.74. The number of ketones is 2. The van der Waals surface area contributed by atoms with Crippen LogP contribution in [0, 0.1) is 41.4 Å². The largest absolute Gasteiger partial charge is 0.457 e. The van der Waals surface area contributed by atoms with E-state index >= 15 is 0 Å². The van der Waals surface area contributed by atoms with Gasteiger partial charge in [0.1, 0.15) is 23.9 Å². The molecule has 5 heterocycles. The van der Waals surface area contributed by atoms with Crippen LogP contribution in [0.1, 0.15) is 108 Å². The first kappa shape index (κ1) is 44.4. The normalized spacial score (nSPS) is 35.8. The fourth-order valence-corrected chi connectivity index (χ4v) is 9.53. The summed E-state index contributed by atoms with van der Waals surface area (Å²) >= 11 is 0. The van der Waals surface area contributed by atoms with Gasteiger partial charge in [-0.15, -0.1) is 0 Å². The molecule has 5 rings (SSSR count). The molecule has 0 aliphatic carbocycles. The van der Waals surface area contributed by atoms with Crippen molar-refractivity contribution >= 4 is 23.6 Å². The Labute approximate surface area is 338 Å². The van der Waals surface area contributed by atoms with Crippen molar-refractivity contribution in [2.75, 3.05) is 6.54 Å². The molecule has 3 saturated heterocycles. The number of unbranched alkanes of at least 4 members (excludes halogenated alkanes) is 1. The van der Waals surface area contributed by atoms with Crippen LogP contribution in [0.15, 0.2) is 37.1 Å². The summed E-state index contributed by atoms with van der Waals surface area (Å²) in [6.45, 7) is 19.7. The summed E-state index contributed by atoms with van der Waals surface area (Å²) in [6, 6.07) is 3.10. The van der Waals surface area contributed by atoms with E-state index < -0.39 is 72.0 Å². The maximum absolute atomic E-state index is 14.6. The Bertz CT molecular complexity index is 1680. The molecular formula is C44H66N4O9. The molecule has 316 valence electrons. The van der Waals surface area contributed by atoms with Crippen molar-refractivity contribution in [3.63, 3.8) is 0 Å². The van der Waals surface area contributed by atoms with Gasteiger partial charge >= 0.3 is 12.1 Å². The highest BCUT2D eigenvalue weighted by atomic mass is 16.7. The predicted octanol–water partition coefficient (Wildman–Crippen LogP) is 6.89. The van der Waals surface area contributed by atoms with E-state index in [-0.39, 0.29) is 35.4 Å². The number of aliphatic hydroxyl groups is 1. The van der Waals surface area contributed by atoms with Gasteiger partial charge in [0.2, 0.25) is 0 Å². The Morgan fingerprint density at radius 1 is 1.00 bits per heavy atom. The molecule has 13 nitrogen and oxygen atoms in total. The minimum absolute atomic E-state index is 0.0603. The maximum Gasteiger partial charge on any atom is 0.410 e. The number of rotatable bonds is 11. The van der Waals surface area contributed by atoms with Gasteiger partial charge in [0.15, 0.2) is 17.7 Å². The second kappa shape index (κ2) is 18.9. The van der Waals surface area contributed by atoms with Gasteiger partial charge in [0, 0.05) is 55.0 Å². The monoisotopic (exact) mass is 794 g/mol. The van der Waals surface area contributed by atoms with Gasteiger partial charge in [-0.1, -0.05) is 54.9 Å². The van der Waals surface area contributed by atoms with Crippen molar-refractivity contribution in [2.24, 2.45) is 41.4 Å². The van der Waals surface area contributed by atoms with Crippen molar-refractivity contribution in [1.29, 1.82) is 0 Å². The lowest BCUT2D eigenvalue weighted by molar-refractivity contribution is -0.282. The Balaban J connectivity index is 1.40. The standard InChI is InChI=1S/C44H66N4O9/c1-11-15-35-44(10)40(48(43(53)57-44)19-13-12-18-47-23-34(46-24-47)32-16-14-17-45-22-32)30(8)36(49)26(4)20-27(5)39(29(7)37(50)31(9)41(52)55-35)56-42-38(51)33(25(2)3)21-28(6)54-42/h14,16-17,22-31,33,35,38-40,42,51H,11-13,15,18-21H2,1-10H3/t26-,27+,28-,29+,30+,31-,33-,35?,38-,39?,40+,42+,44-/m1/s1. The van der Waals surface area contributed by atoms with Crippen LogP contribution in [0.3, 0.4) is 0 Å². The van der Waals surface area contributed by atoms with Gasteiger partial charge < -0.3 is 33.5 Å².